The largest absolute Gasteiger partial charge is 0.496 e. The average Bonchev–Trinajstić information content (AvgIpc) is 3.20. The van der Waals surface area contributed by atoms with E-state index in [0.29, 0.717) is 36.0 Å². The van der Waals surface area contributed by atoms with Crippen LogP contribution in [0.25, 0.3) is 10.9 Å². The molecular weight excluding hydrogens is 409 g/mol. The maximum Gasteiger partial charge on any atom is 0.186 e. The van der Waals surface area contributed by atoms with Gasteiger partial charge >= 0.3 is 0 Å². The number of rotatable bonds is 8. The van der Waals surface area contributed by atoms with E-state index in [2.05, 4.69) is 10.1 Å². The fourth-order valence-electron chi connectivity index (χ4n) is 2.81. The Bertz CT molecular complexity index is 991. The standard InChI is InChI=1S/C12H13NO3.C10H16N2O2.CH4.B/c1-14-10-4-5-13-9-7-12(16-3)11(15-2)6-8(9)10;1-4-8(13)10-9(14-6-3)7-12(5-2)11-10;;/h4-7H,1-3H3;7H,4-6H2,1-3H3;1H4;. The molecule has 0 atom stereocenters. The smallest absolute Gasteiger partial charge is 0.186 e. The van der Waals surface area contributed by atoms with Crippen molar-refractivity contribution in [3.8, 4) is 23.0 Å². The number of pyridine rings is 1. The van der Waals surface area contributed by atoms with Gasteiger partial charge < -0.3 is 18.9 Å². The Kier molecular flexibility index (Phi) is 12.5. The molecule has 173 valence electrons. The van der Waals surface area contributed by atoms with Crippen molar-refractivity contribution in [2.45, 2.75) is 41.2 Å². The molecule has 2 heterocycles. The molecule has 3 rings (SSSR count). The van der Waals surface area contributed by atoms with Gasteiger partial charge in [0.05, 0.1) is 39.6 Å². The van der Waals surface area contributed by atoms with E-state index in [4.69, 9.17) is 18.9 Å². The summed E-state index contributed by atoms with van der Waals surface area (Å²) >= 11 is 0. The summed E-state index contributed by atoms with van der Waals surface area (Å²) < 4.78 is 22.8. The Hall–Kier alpha value is -3.23. The predicted octanol–water partition coefficient (Wildman–Crippen LogP) is 4.41. The van der Waals surface area contributed by atoms with Gasteiger partial charge in [0.15, 0.2) is 28.7 Å². The summed E-state index contributed by atoms with van der Waals surface area (Å²) in [6.45, 7) is 6.99. The van der Waals surface area contributed by atoms with Gasteiger partial charge in [0.25, 0.3) is 0 Å². The third kappa shape index (κ3) is 6.64. The fourth-order valence-corrected chi connectivity index (χ4v) is 2.81. The maximum atomic E-state index is 11.5. The van der Waals surface area contributed by atoms with Crippen molar-refractivity contribution in [2.24, 2.45) is 0 Å². The number of methoxy groups -OCH3 is 3. The van der Waals surface area contributed by atoms with Crippen molar-refractivity contribution in [3.05, 3.63) is 36.3 Å². The molecule has 32 heavy (non-hydrogen) atoms. The summed E-state index contributed by atoms with van der Waals surface area (Å²) in [6.07, 6.45) is 3.93. The number of aryl methyl sites for hydroxylation is 1. The van der Waals surface area contributed by atoms with Crippen molar-refractivity contribution in [2.75, 3.05) is 27.9 Å². The van der Waals surface area contributed by atoms with Crippen LogP contribution in [0.2, 0.25) is 0 Å². The SMILES string of the molecule is C.CCOc1cn(CC)nc1C(=O)CC.COc1cc2nccc(OC)c2cc1OC.[B]. The summed E-state index contributed by atoms with van der Waals surface area (Å²) in [6, 6.07) is 5.50. The summed E-state index contributed by atoms with van der Waals surface area (Å²) in [5.74, 6) is 2.73. The second-order valence-electron chi connectivity index (χ2n) is 6.14. The minimum Gasteiger partial charge on any atom is -0.496 e. The average molecular weight is 442 g/mol. The van der Waals surface area contributed by atoms with Gasteiger partial charge in [-0.2, -0.15) is 5.10 Å². The van der Waals surface area contributed by atoms with Gasteiger partial charge in [0.1, 0.15) is 5.75 Å². The van der Waals surface area contributed by atoms with Gasteiger partial charge in [-0.05, 0) is 26.0 Å². The lowest BCUT2D eigenvalue weighted by Gasteiger charge is -2.10. The summed E-state index contributed by atoms with van der Waals surface area (Å²) in [7, 11) is 4.84. The van der Waals surface area contributed by atoms with Crippen LogP contribution in [0.4, 0.5) is 0 Å². The van der Waals surface area contributed by atoms with Crippen LogP contribution in [-0.4, -0.2) is 56.9 Å². The molecular formula is C23H33BN3O5. The lowest BCUT2D eigenvalue weighted by Crippen LogP contribution is -2.03. The monoisotopic (exact) mass is 442 g/mol. The Morgan fingerprint density at radius 3 is 2.12 bits per heavy atom. The maximum absolute atomic E-state index is 11.5. The molecule has 0 spiro atoms. The molecule has 0 saturated carbocycles. The molecule has 9 heteroatoms. The summed E-state index contributed by atoms with van der Waals surface area (Å²) in [5.41, 5.74) is 1.27. The van der Waals surface area contributed by atoms with Gasteiger partial charge in [0, 0.05) is 39.0 Å². The lowest BCUT2D eigenvalue weighted by molar-refractivity contribution is 0.0979. The van der Waals surface area contributed by atoms with Crippen molar-refractivity contribution in [3.63, 3.8) is 0 Å². The molecule has 0 aliphatic rings. The normalized spacial score (nSPS) is 9.56. The van der Waals surface area contributed by atoms with Crippen LogP contribution < -0.4 is 18.9 Å². The molecule has 0 aliphatic heterocycles. The number of aromatic nitrogens is 3. The summed E-state index contributed by atoms with van der Waals surface area (Å²) in [4.78, 5) is 15.7. The number of carbonyl (C=O) groups excluding carboxylic acids is 1. The molecule has 3 radical (unpaired) electrons. The Morgan fingerprint density at radius 2 is 1.59 bits per heavy atom. The minimum atomic E-state index is 0. The quantitative estimate of drug-likeness (QED) is 0.377. The van der Waals surface area contributed by atoms with E-state index in [1.54, 1.807) is 38.4 Å². The number of benzene rings is 1. The van der Waals surface area contributed by atoms with Crippen LogP contribution in [0.5, 0.6) is 23.0 Å². The lowest BCUT2D eigenvalue weighted by atomic mass is 10.2. The molecule has 0 amide bonds. The predicted molar refractivity (Wildman–Crippen MR) is 128 cm³/mol. The zero-order valence-electron chi connectivity index (χ0n) is 19.0. The first kappa shape index (κ1) is 28.8. The van der Waals surface area contributed by atoms with Crippen molar-refractivity contribution in [1.29, 1.82) is 0 Å². The molecule has 0 N–H and O–H groups in total. The summed E-state index contributed by atoms with van der Waals surface area (Å²) in [5, 5.41) is 5.07. The number of fused-ring (bicyclic) bond motifs is 1. The molecule has 2 aromatic heterocycles. The van der Waals surface area contributed by atoms with Gasteiger partial charge in [-0.3, -0.25) is 14.5 Å². The Morgan fingerprint density at radius 1 is 0.969 bits per heavy atom. The number of hydrogen-bond donors (Lipinski definition) is 0. The molecule has 1 aromatic carbocycles. The molecule has 0 unspecified atom stereocenters. The third-order valence-corrected chi connectivity index (χ3v) is 4.36. The highest BCUT2D eigenvalue weighted by atomic mass is 16.5. The number of hydrogen-bond acceptors (Lipinski definition) is 7. The number of ether oxygens (including phenoxy) is 4. The van der Waals surface area contributed by atoms with Gasteiger partial charge in [-0.1, -0.05) is 14.4 Å². The van der Waals surface area contributed by atoms with E-state index in [1.165, 1.54) is 0 Å². The highest BCUT2D eigenvalue weighted by Crippen LogP contribution is 2.34. The van der Waals surface area contributed by atoms with Crippen LogP contribution >= 0.6 is 0 Å². The van der Waals surface area contributed by atoms with Gasteiger partial charge in [-0.15, -0.1) is 0 Å². The second kappa shape index (κ2) is 14.0. The zero-order valence-corrected chi connectivity index (χ0v) is 19.0. The second-order valence-corrected chi connectivity index (χ2v) is 6.14. The third-order valence-electron chi connectivity index (χ3n) is 4.36. The minimum absolute atomic E-state index is 0. The van der Waals surface area contributed by atoms with Gasteiger partial charge in [0.2, 0.25) is 0 Å². The molecule has 0 aliphatic carbocycles. The van der Waals surface area contributed by atoms with Crippen molar-refractivity contribution >= 4 is 25.1 Å². The molecule has 0 fully saturated rings. The van der Waals surface area contributed by atoms with Crippen LogP contribution in [0.15, 0.2) is 30.6 Å². The van der Waals surface area contributed by atoms with Crippen LogP contribution in [0, 0.1) is 0 Å². The topological polar surface area (TPSA) is 84.7 Å². The van der Waals surface area contributed by atoms with E-state index in [-0.39, 0.29) is 21.6 Å². The first-order valence-electron chi connectivity index (χ1n) is 9.80. The number of carbonyl (C=O) groups is 1. The first-order chi connectivity index (χ1) is 14.5. The van der Waals surface area contributed by atoms with Crippen molar-refractivity contribution < 1.29 is 23.7 Å². The molecule has 3 aromatic rings. The highest BCUT2D eigenvalue weighted by molar-refractivity contribution is 5.96. The van der Waals surface area contributed by atoms with E-state index < -0.39 is 0 Å². The Balaban J connectivity index is 0.000000570. The van der Waals surface area contributed by atoms with E-state index in [9.17, 15) is 4.79 Å². The molecule has 8 nitrogen and oxygen atoms in total. The van der Waals surface area contributed by atoms with Crippen LogP contribution in [-0.2, 0) is 6.54 Å². The van der Waals surface area contributed by atoms with E-state index in [0.717, 1.165) is 23.2 Å². The molecule has 0 bridgehead atoms. The molecule has 0 saturated heterocycles. The number of ketones is 1. The number of Topliss-reactive ketones (excluding diaryl/α,β-unsaturated/α-hetero) is 1. The van der Waals surface area contributed by atoms with E-state index >= 15 is 0 Å². The highest BCUT2D eigenvalue weighted by Gasteiger charge is 2.15. The van der Waals surface area contributed by atoms with E-state index in [1.807, 2.05) is 39.0 Å². The van der Waals surface area contributed by atoms with Gasteiger partial charge in [-0.25, -0.2) is 0 Å². The van der Waals surface area contributed by atoms with Crippen LogP contribution in [0.1, 0.15) is 45.1 Å². The number of nitrogens with zero attached hydrogens (tertiary/aromatic N) is 3. The first-order valence-corrected chi connectivity index (χ1v) is 9.80. The van der Waals surface area contributed by atoms with Crippen LogP contribution in [0.3, 0.4) is 0 Å². The Labute approximate surface area is 192 Å². The van der Waals surface area contributed by atoms with Crippen molar-refractivity contribution in [1.82, 2.24) is 14.8 Å². The zero-order chi connectivity index (χ0) is 22.1. The fraction of sp³-hybridized carbons (Fsp3) is 0.435.